The highest BCUT2D eigenvalue weighted by molar-refractivity contribution is 6.39. The summed E-state index contributed by atoms with van der Waals surface area (Å²) in [5.74, 6) is 1.85. The minimum atomic E-state index is 0.918. The van der Waals surface area contributed by atoms with E-state index in [1.807, 2.05) is 0 Å². The molecular formula is C26H52B. The number of hydrogen-bond acceptors (Lipinski definition) is 0. The van der Waals surface area contributed by atoms with Crippen molar-refractivity contribution in [1.82, 2.24) is 0 Å². The Morgan fingerprint density at radius 1 is 0.556 bits per heavy atom. The van der Waals surface area contributed by atoms with E-state index in [0.29, 0.717) is 0 Å². The third-order valence-electron chi connectivity index (χ3n) is 6.80. The largest absolute Gasteiger partial charge is 0.117 e. The molecule has 0 saturated heterocycles. The topological polar surface area (TPSA) is 0 Å². The molecule has 1 aliphatic carbocycles. The molecule has 0 N–H and O–H groups in total. The minimum absolute atomic E-state index is 0.918. The van der Waals surface area contributed by atoms with E-state index in [9.17, 15) is 0 Å². The molecule has 0 aromatic heterocycles. The van der Waals surface area contributed by atoms with Crippen LogP contribution in [0.5, 0.6) is 0 Å². The van der Waals surface area contributed by atoms with Crippen molar-refractivity contribution in [2.24, 2.45) is 0 Å². The first-order valence-electron chi connectivity index (χ1n) is 13.2. The number of unbranched alkanes of at least 4 members (excludes halogenated alkanes) is 7. The van der Waals surface area contributed by atoms with Gasteiger partial charge >= 0.3 is 0 Å². The second kappa shape index (κ2) is 19.4. The second-order valence-corrected chi connectivity index (χ2v) is 9.52. The van der Waals surface area contributed by atoms with Crippen molar-refractivity contribution in [3.05, 3.63) is 0 Å². The molecule has 159 valence electrons. The Morgan fingerprint density at radius 2 is 0.963 bits per heavy atom. The van der Waals surface area contributed by atoms with E-state index in [0.717, 1.165) is 11.6 Å². The molecule has 1 aliphatic rings. The third kappa shape index (κ3) is 15.6. The van der Waals surface area contributed by atoms with Crippen molar-refractivity contribution in [1.29, 1.82) is 0 Å². The van der Waals surface area contributed by atoms with Crippen molar-refractivity contribution >= 4 is 7.28 Å². The first-order valence-corrected chi connectivity index (χ1v) is 13.2. The molecule has 1 heteroatoms. The molecule has 0 aromatic carbocycles. The van der Waals surface area contributed by atoms with Gasteiger partial charge in [-0.05, 0) is 0 Å². The van der Waals surface area contributed by atoms with Crippen LogP contribution in [0.2, 0.25) is 11.6 Å². The highest BCUT2D eigenvalue weighted by atomic mass is 14.1. The molecule has 1 atom stereocenters. The standard InChI is InChI=1S/C26H52B/c1-3-5-7-14-18-22-25(21-17-8-6-4-2)27-26-23-19-15-12-10-9-11-13-16-20-24-26/h25-26H,3-24H2,1-2H3. The first-order chi connectivity index (χ1) is 13.4. The van der Waals surface area contributed by atoms with Crippen molar-refractivity contribution in [3.8, 4) is 0 Å². The van der Waals surface area contributed by atoms with Crippen LogP contribution in [-0.2, 0) is 0 Å². The van der Waals surface area contributed by atoms with E-state index in [-0.39, 0.29) is 0 Å². The van der Waals surface area contributed by atoms with Gasteiger partial charge in [0, 0.05) is 0 Å². The lowest BCUT2D eigenvalue weighted by atomic mass is 9.50. The molecule has 0 aliphatic heterocycles. The molecule has 0 aromatic rings. The summed E-state index contributed by atoms with van der Waals surface area (Å²) in [5, 5.41) is 0. The molecule has 0 heterocycles. The van der Waals surface area contributed by atoms with Crippen LogP contribution < -0.4 is 0 Å². The van der Waals surface area contributed by atoms with E-state index in [1.165, 1.54) is 141 Å². The molecule has 0 spiro atoms. The summed E-state index contributed by atoms with van der Waals surface area (Å²) in [7, 11) is 2.87. The Bertz CT molecular complexity index is 276. The summed E-state index contributed by atoms with van der Waals surface area (Å²) in [6.45, 7) is 4.66. The number of rotatable bonds is 13. The lowest BCUT2D eigenvalue weighted by Crippen LogP contribution is -2.13. The second-order valence-electron chi connectivity index (χ2n) is 9.52. The predicted octanol–water partition coefficient (Wildman–Crippen LogP) is 9.90. The fraction of sp³-hybridized carbons (Fsp3) is 1.00. The van der Waals surface area contributed by atoms with Crippen LogP contribution in [0.1, 0.15) is 155 Å². The number of hydrogen-bond donors (Lipinski definition) is 0. The van der Waals surface area contributed by atoms with Crippen molar-refractivity contribution < 1.29 is 0 Å². The Balaban J connectivity index is 2.40. The van der Waals surface area contributed by atoms with Gasteiger partial charge in [0.05, 0.1) is 0 Å². The zero-order valence-electron chi connectivity index (χ0n) is 19.3. The molecule has 0 amide bonds. The van der Waals surface area contributed by atoms with Crippen LogP contribution >= 0.6 is 0 Å². The highest BCUT2D eigenvalue weighted by Gasteiger charge is 2.18. The van der Waals surface area contributed by atoms with Crippen LogP contribution in [-0.4, -0.2) is 7.28 Å². The van der Waals surface area contributed by atoms with Crippen LogP contribution in [0.3, 0.4) is 0 Å². The summed E-state index contributed by atoms with van der Waals surface area (Å²) in [6.07, 6.45) is 32.3. The zero-order valence-corrected chi connectivity index (χ0v) is 19.3. The van der Waals surface area contributed by atoms with Crippen LogP contribution in [0.15, 0.2) is 0 Å². The molecular weight excluding hydrogens is 323 g/mol. The maximum atomic E-state index is 2.87. The van der Waals surface area contributed by atoms with Gasteiger partial charge in [-0.3, -0.25) is 0 Å². The average Bonchev–Trinajstić information content (AvgIpc) is 2.66. The van der Waals surface area contributed by atoms with E-state index in [4.69, 9.17) is 0 Å². The SMILES string of the molecule is CCCCCCCC([B]C1CCCCCCCCCCC1)CCCCCC. The molecule has 1 rings (SSSR count). The summed E-state index contributed by atoms with van der Waals surface area (Å²) < 4.78 is 0. The van der Waals surface area contributed by atoms with Gasteiger partial charge in [0.15, 0.2) is 0 Å². The molecule has 0 nitrogen and oxygen atoms in total. The summed E-state index contributed by atoms with van der Waals surface area (Å²) >= 11 is 0. The van der Waals surface area contributed by atoms with Gasteiger partial charge in [-0.2, -0.15) is 0 Å². The van der Waals surface area contributed by atoms with E-state index in [1.54, 1.807) is 0 Å². The monoisotopic (exact) mass is 375 g/mol. The Hall–Kier alpha value is 0.0649. The third-order valence-corrected chi connectivity index (χ3v) is 6.80. The summed E-state index contributed by atoms with van der Waals surface area (Å²) in [6, 6.07) is 0. The van der Waals surface area contributed by atoms with Crippen molar-refractivity contribution in [2.75, 3.05) is 0 Å². The van der Waals surface area contributed by atoms with Gasteiger partial charge in [0.25, 0.3) is 0 Å². The molecule has 1 fully saturated rings. The molecule has 1 radical (unpaired) electrons. The van der Waals surface area contributed by atoms with E-state index in [2.05, 4.69) is 21.1 Å². The average molecular weight is 376 g/mol. The smallest absolute Gasteiger partial charge is 0.0686 e. The van der Waals surface area contributed by atoms with Crippen molar-refractivity contribution in [3.63, 3.8) is 0 Å². The van der Waals surface area contributed by atoms with E-state index >= 15 is 0 Å². The Morgan fingerprint density at radius 3 is 1.44 bits per heavy atom. The van der Waals surface area contributed by atoms with Gasteiger partial charge in [-0.1, -0.05) is 167 Å². The highest BCUT2D eigenvalue weighted by Crippen LogP contribution is 2.32. The lowest BCUT2D eigenvalue weighted by Gasteiger charge is -2.23. The zero-order chi connectivity index (χ0) is 19.4. The molecule has 1 unspecified atom stereocenters. The molecule has 0 bridgehead atoms. The fourth-order valence-electron chi connectivity index (χ4n) is 4.95. The van der Waals surface area contributed by atoms with Gasteiger partial charge in [-0.25, -0.2) is 0 Å². The summed E-state index contributed by atoms with van der Waals surface area (Å²) in [4.78, 5) is 0. The Labute approximate surface area is 174 Å². The fourth-order valence-corrected chi connectivity index (χ4v) is 4.95. The minimum Gasteiger partial charge on any atom is -0.0686 e. The lowest BCUT2D eigenvalue weighted by molar-refractivity contribution is 0.493. The van der Waals surface area contributed by atoms with Crippen LogP contribution in [0, 0.1) is 0 Å². The van der Waals surface area contributed by atoms with Crippen LogP contribution in [0.25, 0.3) is 0 Å². The van der Waals surface area contributed by atoms with Gasteiger partial charge in [0.1, 0.15) is 7.28 Å². The maximum Gasteiger partial charge on any atom is 0.117 e. The predicted molar refractivity (Wildman–Crippen MR) is 126 cm³/mol. The van der Waals surface area contributed by atoms with Gasteiger partial charge < -0.3 is 0 Å². The maximum absolute atomic E-state index is 2.87. The molecule has 1 saturated carbocycles. The van der Waals surface area contributed by atoms with E-state index < -0.39 is 0 Å². The normalized spacial score (nSPS) is 19.2. The first kappa shape index (κ1) is 25.1. The van der Waals surface area contributed by atoms with Gasteiger partial charge in [-0.15, -0.1) is 0 Å². The Kier molecular flexibility index (Phi) is 18.0. The van der Waals surface area contributed by atoms with Crippen molar-refractivity contribution in [2.45, 2.75) is 167 Å². The molecule has 27 heavy (non-hydrogen) atoms. The quantitative estimate of drug-likeness (QED) is 0.222. The summed E-state index contributed by atoms with van der Waals surface area (Å²) in [5.41, 5.74) is 0. The van der Waals surface area contributed by atoms with Gasteiger partial charge in [0.2, 0.25) is 0 Å². The van der Waals surface area contributed by atoms with Crippen LogP contribution in [0.4, 0.5) is 0 Å².